The fraction of sp³-hybridized carbons (Fsp3) is 0.160. The summed E-state index contributed by atoms with van der Waals surface area (Å²) in [5, 5.41) is 3.07. The minimum absolute atomic E-state index is 0.0686. The molecule has 0 aliphatic carbocycles. The normalized spacial score (nSPS) is 12.2. The van der Waals surface area contributed by atoms with Crippen molar-refractivity contribution >= 4 is 21.5 Å². The van der Waals surface area contributed by atoms with E-state index in [-0.39, 0.29) is 17.8 Å². The molecule has 34 heavy (non-hydrogen) atoms. The first-order valence-electron chi connectivity index (χ1n) is 10.5. The van der Waals surface area contributed by atoms with Crippen LogP contribution in [0.2, 0.25) is 0 Å². The zero-order valence-corrected chi connectivity index (χ0v) is 19.5. The number of sulfone groups is 1. The Morgan fingerprint density at radius 1 is 1.00 bits per heavy atom. The van der Waals surface area contributed by atoms with Gasteiger partial charge in [0.1, 0.15) is 24.0 Å². The van der Waals surface area contributed by atoms with Gasteiger partial charge >= 0.3 is 0 Å². The largest absolute Gasteiger partial charge is 0.485 e. The molecule has 0 aliphatic heterocycles. The van der Waals surface area contributed by atoms with Gasteiger partial charge in [-0.25, -0.2) is 22.8 Å². The van der Waals surface area contributed by atoms with Crippen LogP contribution in [0.1, 0.15) is 24.2 Å². The Morgan fingerprint density at radius 3 is 2.56 bits per heavy atom. The van der Waals surface area contributed by atoms with Crippen molar-refractivity contribution in [2.75, 3.05) is 11.6 Å². The Kier molecular flexibility index (Phi) is 6.83. The van der Waals surface area contributed by atoms with E-state index in [0.717, 1.165) is 5.56 Å². The van der Waals surface area contributed by atoms with E-state index in [1.54, 1.807) is 30.3 Å². The standard InChI is InChI=1S/C25H23FN4O3S/c1-17(19-8-4-3-5-9-19)33-23-14-20(26)11-12-22(23)24-27-16-28-25(30-24)29-21-10-6-7-18(13-21)15-34(2,31)32/h3-14,16-17H,15H2,1-2H3,(H,27,28,29,30)/t17-/m1/s1. The van der Waals surface area contributed by atoms with Crippen LogP contribution in [0.5, 0.6) is 5.75 Å². The first-order chi connectivity index (χ1) is 16.3. The second-order valence-electron chi connectivity index (χ2n) is 7.84. The molecule has 0 radical (unpaired) electrons. The molecular formula is C25H23FN4O3S. The number of rotatable bonds is 8. The van der Waals surface area contributed by atoms with Crippen molar-refractivity contribution in [3.05, 3.63) is 96.1 Å². The molecule has 4 aromatic rings. The first-order valence-corrected chi connectivity index (χ1v) is 12.6. The van der Waals surface area contributed by atoms with Gasteiger partial charge < -0.3 is 10.1 Å². The lowest BCUT2D eigenvalue weighted by molar-refractivity contribution is 0.227. The highest BCUT2D eigenvalue weighted by Gasteiger charge is 2.16. The van der Waals surface area contributed by atoms with Gasteiger partial charge in [-0.15, -0.1) is 0 Å². The molecule has 0 aliphatic rings. The van der Waals surface area contributed by atoms with E-state index in [1.807, 2.05) is 37.3 Å². The van der Waals surface area contributed by atoms with Gasteiger partial charge in [0, 0.05) is 18.0 Å². The average Bonchev–Trinajstić information content (AvgIpc) is 2.79. The molecule has 0 saturated carbocycles. The SMILES string of the molecule is C[C@@H](Oc1cc(F)ccc1-c1ncnc(Nc2cccc(CS(C)(=O)=O)c2)n1)c1ccccc1. The molecule has 0 saturated heterocycles. The molecule has 0 amide bonds. The van der Waals surface area contributed by atoms with Gasteiger partial charge in [0.25, 0.3) is 0 Å². The molecule has 1 heterocycles. The summed E-state index contributed by atoms with van der Waals surface area (Å²) in [7, 11) is -3.16. The van der Waals surface area contributed by atoms with E-state index in [2.05, 4.69) is 20.3 Å². The van der Waals surface area contributed by atoms with Crippen molar-refractivity contribution in [1.29, 1.82) is 0 Å². The van der Waals surface area contributed by atoms with Crippen LogP contribution in [0, 0.1) is 5.82 Å². The average molecular weight is 479 g/mol. The lowest BCUT2D eigenvalue weighted by Gasteiger charge is -2.17. The molecule has 7 nitrogen and oxygen atoms in total. The maximum atomic E-state index is 14.0. The van der Waals surface area contributed by atoms with E-state index >= 15 is 0 Å². The molecule has 174 valence electrons. The summed E-state index contributed by atoms with van der Waals surface area (Å²) < 4.78 is 43.3. The third-order valence-corrected chi connectivity index (χ3v) is 5.80. The molecule has 1 aromatic heterocycles. The summed E-state index contributed by atoms with van der Waals surface area (Å²) in [6.07, 6.45) is 2.21. The monoisotopic (exact) mass is 478 g/mol. The Labute approximate surface area is 197 Å². The fourth-order valence-electron chi connectivity index (χ4n) is 3.42. The van der Waals surface area contributed by atoms with Gasteiger partial charge in [-0.1, -0.05) is 42.5 Å². The van der Waals surface area contributed by atoms with Gasteiger partial charge in [-0.2, -0.15) is 4.98 Å². The zero-order chi connectivity index (χ0) is 24.1. The molecule has 1 atom stereocenters. The zero-order valence-electron chi connectivity index (χ0n) is 18.6. The maximum absolute atomic E-state index is 14.0. The van der Waals surface area contributed by atoms with Crippen LogP contribution in [0.25, 0.3) is 11.4 Å². The Balaban J connectivity index is 1.60. The van der Waals surface area contributed by atoms with Gasteiger partial charge in [0.05, 0.1) is 11.3 Å². The van der Waals surface area contributed by atoms with Crippen molar-refractivity contribution in [1.82, 2.24) is 15.0 Å². The Morgan fingerprint density at radius 2 is 1.79 bits per heavy atom. The second kappa shape index (κ2) is 9.96. The van der Waals surface area contributed by atoms with Crippen LogP contribution < -0.4 is 10.1 Å². The van der Waals surface area contributed by atoms with Crippen LogP contribution in [0.15, 0.2) is 79.1 Å². The van der Waals surface area contributed by atoms with E-state index in [0.29, 0.717) is 28.4 Å². The lowest BCUT2D eigenvalue weighted by atomic mass is 10.1. The molecule has 4 rings (SSSR count). The van der Waals surface area contributed by atoms with Gasteiger partial charge in [0.2, 0.25) is 5.95 Å². The number of nitrogens with one attached hydrogen (secondary N) is 1. The summed E-state index contributed by atoms with van der Waals surface area (Å²) in [5.74, 6) is 0.367. The van der Waals surface area contributed by atoms with Crippen LogP contribution in [0.4, 0.5) is 16.0 Å². The molecule has 1 N–H and O–H groups in total. The highest BCUT2D eigenvalue weighted by Crippen LogP contribution is 2.32. The maximum Gasteiger partial charge on any atom is 0.230 e. The van der Waals surface area contributed by atoms with Crippen LogP contribution in [-0.4, -0.2) is 29.6 Å². The van der Waals surface area contributed by atoms with Crippen molar-refractivity contribution in [2.24, 2.45) is 0 Å². The number of hydrogen-bond acceptors (Lipinski definition) is 7. The number of benzene rings is 3. The summed E-state index contributed by atoms with van der Waals surface area (Å²) in [5.41, 5.74) is 2.74. The van der Waals surface area contributed by atoms with Crippen molar-refractivity contribution in [3.8, 4) is 17.1 Å². The topological polar surface area (TPSA) is 94.1 Å². The molecule has 0 unspecified atom stereocenters. The van der Waals surface area contributed by atoms with Crippen LogP contribution >= 0.6 is 0 Å². The lowest BCUT2D eigenvalue weighted by Crippen LogP contribution is -2.06. The van der Waals surface area contributed by atoms with Gasteiger partial charge in [0.15, 0.2) is 15.7 Å². The molecule has 0 fully saturated rings. The van der Waals surface area contributed by atoms with E-state index in [4.69, 9.17) is 4.74 Å². The fourth-order valence-corrected chi connectivity index (χ4v) is 4.20. The minimum atomic E-state index is -3.16. The molecule has 3 aromatic carbocycles. The highest BCUT2D eigenvalue weighted by molar-refractivity contribution is 7.89. The summed E-state index contributed by atoms with van der Waals surface area (Å²) >= 11 is 0. The summed E-state index contributed by atoms with van der Waals surface area (Å²) in [6, 6.07) is 20.8. The van der Waals surface area contributed by atoms with E-state index in [1.165, 1.54) is 24.7 Å². The smallest absolute Gasteiger partial charge is 0.230 e. The van der Waals surface area contributed by atoms with Gasteiger partial charge in [-0.05, 0) is 42.3 Å². The summed E-state index contributed by atoms with van der Waals surface area (Å²) in [4.78, 5) is 12.9. The second-order valence-corrected chi connectivity index (χ2v) is 9.98. The highest BCUT2D eigenvalue weighted by atomic mass is 32.2. The first kappa shape index (κ1) is 23.3. The quantitative estimate of drug-likeness (QED) is 0.376. The van der Waals surface area contributed by atoms with Crippen molar-refractivity contribution < 1.29 is 17.5 Å². The predicted molar refractivity (Wildman–Crippen MR) is 129 cm³/mol. The number of halogens is 1. The Bertz CT molecular complexity index is 1400. The van der Waals surface area contributed by atoms with Gasteiger partial charge in [-0.3, -0.25) is 0 Å². The van der Waals surface area contributed by atoms with Crippen molar-refractivity contribution in [2.45, 2.75) is 18.8 Å². The molecular weight excluding hydrogens is 455 g/mol. The number of ether oxygens (including phenoxy) is 1. The number of aromatic nitrogens is 3. The van der Waals surface area contributed by atoms with Crippen LogP contribution in [0.3, 0.4) is 0 Å². The van der Waals surface area contributed by atoms with E-state index in [9.17, 15) is 12.8 Å². The summed E-state index contributed by atoms with van der Waals surface area (Å²) in [6.45, 7) is 1.88. The molecule has 0 bridgehead atoms. The minimum Gasteiger partial charge on any atom is -0.485 e. The molecule has 0 spiro atoms. The van der Waals surface area contributed by atoms with E-state index < -0.39 is 15.7 Å². The predicted octanol–water partition coefficient (Wildman–Crippen LogP) is 5.11. The number of hydrogen-bond donors (Lipinski definition) is 1. The number of anilines is 2. The number of nitrogens with zero attached hydrogens (tertiary/aromatic N) is 3. The third kappa shape index (κ3) is 6.14. The third-order valence-electron chi connectivity index (χ3n) is 4.94. The van der Waals surface area contributed by atoms with Crippen LogP contribution in [-0.2, 0) is 15.6 Å². The molecule has 9 heteroatoms. The Hall–Kier alpha value is -3.85. The van der Waals surface area contributed by atoms with Crippen molar-refractivity contribution in [3.63, 3.8) is 0 Å².